The van der Waals surface area contributed by atoms with Gasteiger partial charge in [-0.15, -0.1) is 0 Å². The number of amides is 1. The van der Waals surface area contributed by atoms with Crippen LogP contribution in [0, 0.1) is 5.82 Å². The Balaban J connectivity index is 1.79. The first-order valence-corrected chi connectivity index (χ1v) is 7.89. The summed E-state index contributed by atoms with van der Waals surface area (Å²) in [6.07, 6.45) is 2.39. The number of carboxylic acid groups (broad SMARTS) is 1. The minimum absolute atomic E-state index is 0.0566. The Labute approximate surface area is 134 Å². The quantitative estimate of drug-likeness (QED) is 0.943. The number of rotatable bonds is 3. The number of anilines is 1. The Morgan fingerprint density at radius 1 is 1.39 bits per heavy atom. The third-order valence-electron chi connectivity index (χ3n) is 4.50. The van der Waals surface area contributed by atoms with Crippen molar-refractivity contribution in [2.24, 2.45) is 0 Å². The number of carbonyl (C=O) groups is 1. The molecule has 2 heterocycles. The van der Waals surface area contributed by atoms with Crippen molar-refractivity contribution in [3.8, 4) is 0 Å². The van der Waals surface area contributed by atoms with Crippen molar-refractivity contribution in [2.45, 2.75) is 25.8 Å². The van der Waals surface area contributed by atoms with Crippen LogP contribution in [0.15, 0.2) is 30.5 Å². The number of halogens is 1. The van der Waals surface area contributed by atoms with E-state index in [4.69, 9.17) is 0 Å². The molecule has 3 rings (SSSR count). The predicted octanol–water partition coefficient (Wildman–Crippen LogP) is 3.34. The van der Waals surface area contributed by atoms with E-state index < -0.39 is 6.09 Å². The molecule has 0 atom stereocenters. The van der Waals surface area contributed by atoms with Crippen LogP contribution in [0.4, 0.5) is 15.0 Å². The van der Waals surface area contributed by atoms with Gasteiger partial charge in [0.2, 0.25) is 0 Å². The van der Waals surface area contributed by atoms with Crippen LogP contribution < -0.4 is 4.90 Å². The second-order valence-corrected chi connectivity index (χ2v) is 5.79. The number of hydrogen-bond donors (Lipinski definition) is 1. The Morgan fingerprint density at radius 3 is 2.78 bits per heavy atom. The van der Waals surface area contributed by atoms with Gasteiger partial charge < -0.3 is 14.9 Å². The molecule has 0 aliphatic carbocycles. The predicted molar refractivity (Wildman–Crippen MR) is 87.3 cm³/mol. The fourth-order valence-corrected chi connectivity index (χ4v) is 3.32. The van der Waals surface area contributed by atoms with Gasteiger partial charge in [0.15, 0.2) is 0 Å². The second-order valence-electron chi connectivity index (χ2n) is 5.79. The van der Waals surface area contributed by atoms with Crippen molar-refractivity contribution >= 4 is 22.7 Å². The molecule has 0 saturated carbocycles. The summed E-state index contributed by atoms with van der Waals surface area (Å²) < 4.78 is 13.4. The molecule has 23 heavy (non-hydrogen) atoms. The Hall–Kier alpha value is -2.37. The van der Waals surface area contributed by atoms with Crippen LogP contribution in [0.2, 0.25) is 0 Å². The molecule has 0 radical (unpaired) electrons. The summed E-state index contributed by atoms with van der Waals surface area (Å²) in [5.74, 6) is 0.590. The van der Waals surface area contributed by atoms with Crippen molar-refractivity contribution in [3.05, 3.63) is 36.3 Å². The van der Waals surface area contributed by atoms with E-state index in [-0.39, 0.29) is 11.9 Å². The van der Waals surface area contributed by atoms with Crippen molar-refractivity contribution in [3.63, 3.8) is 0 Å². The number of hydrogen-bond acceptors (Lipinski definition) is 3. The summed E-state index contributed by atoms with van der Waals surface area (Å²) in [6.45, 7) is 3.86. The highest BCUT2D eigenvalue weighted by molar-refractivity contribution is 5.92. The largest absolute Gasteiger partial charge is 0.465 e. The average molecular weight is 317 g/mol. The highest BCUT2D eigenvalue weighted by atomic mass is 19.1. The van der Waals surface area contributed by atoms with Crippen molar-refractivity contribution < 1.29 is 14.3 Å². The summed E-state index contributed by atoms with van der Waals surface area (Å²) in [4.78, 5) is 19.4. The van der Waals surface area contributed by atoms with Crippen LogP contribution >= 0.6 is 0 Å². The highest BCUT2D eigenvalue weighted by Gasteiger charge is 2.27. The summed E-state index contributed by atoms with van der Waals surface area (Å²) in [5.41, 5.74) is 0. The van der Waals surface area contributed by atoms with E-state index in [9.17, 15) is 14.3 Å². The van der Waals surface area contributed by atoms with E-state index in [0.717, 1.165) is 42.5 Å². The SMILES string of the molecule is CCN(C(=O)O)C1CCN(c2nccc3cc(F)ccc23)CC1. The van der Waals surface area contributed by atoms with E-state index in [1.165, 1.54) is 17.0 Å². The molecule has 1 aliphatic heterocycles. The van der Waals surface area contributed by atoms with Gasteiger partial charge in [-0.3, -0.25) is 0 Å². The first-order chi connectivity index (χ1) is 11.1. The molecule has 5 nitrogen and oxygen atoms in total. The first kappa shape index (κ1) is 15.5. The lowest BCUT2D eigenvalue weighted by molar-refractivity contribution is 0.119. The minimum Gasteiger partial charge on any atom is -0.465 e. The summed E-state index contributed by atoms with van der Waals surface area (Å²) in [7, 11) is 0. The number of nitrogens with zero attached hydrogens (tertiary/aromatic N) is 3. The van der Waals surface area contributed by atoms with E-state index in [2.05, 4.69) is 9.88 Å². The molecule has 2 aromatic rings. The van der Waals surface area contributed by atoms with Crippen molar-refractivity contribution in [1.82, 2.24) is 9.88 Å². The van der Waals surface area contributed by atoms with Gasteiger partial charge in [-0.1, -0.05) is 0 Å². The molecular weight excluding hydrogens is 297 g/mol. The fraction of sp³-hybridized carbons (Fsp3) is 0.412. The van der Waals surface area contributed by atoms with Crippen molar-refractivity contribution in [2.75, 3.05) is 24.5 Å². The molecule has 1 fully saturated rings. The van der Waals surface area contributed by atoms with E-state index in [0.29, 0.717) is 6.54 Å². The Morgan fingerprint density at radius 2 is 2.13 bits per heavy atom. The maximum atomic E-state index is 13.4. The van der Waals surface area contributed by atoms with Gasteiger partial charge in [0, 0.05) is 37.3 Å². The molecule has 1 saturated heterocycles. The maximum Gasteiger partial charge on any atom is 0.407 e. The number of pyridine rings is 1. The van der Waals surface area contributed by atoms with Crippen LogP contribution in [-0.4, -0.2) is 46.8 Å². The van der Waals surface area contributed by atoms with Gasteiger partial charge in [-0.25, -0.2) is 14.2 Å². The van der Waals surface area contributed by atoms with Crippen LogP contribution in [0.1, 0.15) is 19.8 Å². The van der Waals surface area contributed by atoms with E-state index >= 15 is 0 Å². The van der Waals surface area contributed by atoms with Crippen LogP contribution in [0.5, 0.6) is 0 Å². The molecule has 122 valence electrons. The molecule has 6 heteroatoms. The lowest BCUT2D eigenvalue weighted by atomic mass is 10.0. The second kappa shape index (κ2) is 6.40. The van der Waals surface area contributed by atoms with Gasteiger partial charge in [0.05, 0.1) is 0 Å². The zero-order valence-electron chi connectivity index (χ0n) is 13.1. The number of benzene rings is 1. The van der Waals surface area contributed by atoms with Gasteiger partial charge in [-0.05, 0) is 49.4 Å². The first-order valence-electron chi connectivity index (χ1n) is 7.89. The molecule has 1 aromatic heterocycles. The zero-order chi connectivity index (χ0) is 16.4. The molecule has 1 N–H and O–H groups in total. The summed E-state index contributed by atoms with van der Waals surface area (Å²) in [5, 5.41) is 11.0. The normalized spacial score (nSPS) is 15.8. The molecule has 0 unspecified atom stereocenters. The standard InChI is InChI=1S/C17H20FN3O2/c1-2-21(17(22)23)14-6-9-20(10-7-14)16-15-4-3-13(18)11-12(15)5-8-19-16/h3-5,8,11,14H,2,6-7,9-10H2,1H3,(H,22,23). The Kier molecular flexibility index (Phi) is 4.32. The lowest BCUT2D eigenvalue weighted by Gasteiger charge is -2.37. The molecule has 1 aliphatic rings. The van der Waals surface area contributed by atoms with Gasteiger partial charge >= 0.3 is 6.09 Å². The molecule has 1 amide bonds. The molecule has 1 aromatic carbocycles. The zero-order valence-corrected chi connectivity index (χ0v) is 13.1. The number of piperidine rings is 1. The molecular formula is C17H20FN3O2. The van der Waals surface area contributed by atoms with Gasteiger partial charge in [0.1, 0.15) is 11.6 Å². The number of fused-ring (bicyclic) bond motifs is 1. The van der Waals surface area contributed by atoms with Crippen LogP contribution in [0.25, 0.3) is 10.8 Å². The van der Waals surface area contributed by atoms with Crippen molar-refractivity contribution in [1.29, 1.82) is 0 Å². The maximum absolute atomic E-state index is 13.4. The third kappa shape index (κ3) is 3.06. The molecule has 0 spiro atoms. The Bertz CT molecular complexity index is 714. The third-order valence-corrected chi connectivity index (χ3v) is 4.50. The smallest absolute Gasteiger partial charge is 0.407 e. The summed E-state index contributed by atoms with van der Waals surface area (Å²) >= 11 is 0. The lowest BCUT2D eigenvalue weighted by Crippen LogP contribution is -2.47. The van der Waals surface area contributed by atoms with E-state index in [1.54, 1.807) is 18.3 Å². The van der Waals surface area contributed by atoms with Crippen LogP contribution in [-0.2, 0) is 0 Å². The highest BCUT2D eigenvalue weighted by Crippen LogP contribution is 2.28. The van der Waals surface area contributed by atoms with Gasteiger partial charge in [0.25, 0.3) is 0 Å². The minimum atomic E-state index is -0.857. The topological polar surface area (TPSA) is 56.7 Å². The summed E-state index contributed by atoms with van der Waals surface area (Å²) in [6, 6.07) is 6.58. The van der Waals surface area contributed by atoms with Crippen LogP contribution in [0.3, 0.4) is 0 Å². The number of aromatic nitrogens is 1. The van der Waals surface area contributed by atoms with Gasteiger partial charge in [-0.2, -0.15) is 0 Å². The monoisotopic (exact) mass is 317 g/mol. The average Bonchev–Trinajstić information content (AvgIpc) is 2.55. The fourth-order valence-electron chi connectivity index (χ4n) is 3.32. The van der Waals surface area contributed by atoms with E-state index in [1.807, 2.05) is 6.92 Å². The molecule has 0 bridgehead atoms.